The molecule has 0 aliphatic heterocycles. The van der Waals surface area contributed by atoms with E-state index in [1.54, 1.807) is 12.2 Å². The third kappa shape index (κ3) is 22.3. The molecule has 0 aromatic carbocycles. The molecule has 0 saturated heterocycles. The number of esters is 2. The number of ether oxygens (including phenoxy) is 2. The Morgan fingerprint density at radius 3 is 2.11 bits per heavy atom. The lowest BCUT2D eigenvalue weighted by Gasteiger charge is -2.16. The van der Waals surface area contributed by atoms with Crippen molar-refractivity contribution in [2.24, 2.45) is 17.8 Å². The zero-order valence-corrected chi connectivity index (χ0v) is 29.9. The van der Waals surface area contributed by atoms with Crippen molar-refractivity contribution in [1.29, 1.82) is 0 Å². The quantitative estimate of drug-likeness (QED) is 0.0417. The summed E-state index contributed by atoms with van der Waals surface area (Å²) >= 11 is 0. The Morgan fingerprint density at radius 1 is 0.851 bits per heavy atom. The lowest BCUT2D eigenvalue weighted by molar-refractivity contribution is -0.161. The van der Waals surface area contributed by atoms with Crippen molar-refractivity contribution in [1.82, 2.24) is 0 Å². The van der Waals surface area contributed by atoms with E-state index in [0.717, 1.165) is 44.4 Å². The molecule has 0 spiro atoms. The molecule has 1 rings (SSSR count). The third-order valence-corrected chi connectivity index (χ3v) is 9.04. The Kier molecular flexibility index (Phi) is 25.5. The SMILES string of the molecule is CCCCC[C@H](O)/C=C/[C@H]1[C@H](O)CC(=O)[C@@H]1C/C=C\CCCC(=O)O[C@@H](CO)COC(=O)CCCCCCCCCCCCC(C)C. The summed E-state index contributed by atoms with van der Waals surface area (Å²) in [5.74, 6) is -0.577. The maximum absolute atomic E-state index is 12.4. The van der Waals surface area contributed by atoms with Gasteiger partial charge in [0.05, 0.1) is 18.8 Å². The molecule has 3 N–H and O–H groups in total. The minimum atomic E-state index is -0.873. The molecule has 5 atom stereocenters. The Hall–Kier alpha value is -2.03. The van der Waals surface area contributed by atoms with E-state index >= 15 is 0 Å². The van der Waals surface area contributed by atoms with Crippen LogP contribution in [0.25, 0.3) is 0 Å². The van der Waals surface area contributed by atoms with Gasteiger partial charge in [0.1, 0.15) is 12.4 Å². The van der Waals surface area contributed by atoms with Gasteiger partial charge in [0, 0.05) is 31.1 Å². The number of unbranched alkanes of at least 4 members (excludes halogenated alkanes) is 12. The molecule has 8 heteroatoms. The molecule has 1 saturated carbocycles. The van der Waals surface area contributed by atoms with E-state index in [1.165, 1.54) is 51.4 Å². The summed E-state index contributed by atoms with van der Waals surface area (Å²) in [6.07, 6.45) is 24.6. The number of carbonyl (C=O) groups excluding carboxylic acids is 3. The molecule has 0 aromatic heterocycles. The topological polar surface area (TPSA) is 130 Å². The van der Waals surface area contributed by atoms with Gasteiger partial charge in [-0.25, -0.2) is 0 Å². The molecule has 8 nitrogen and oxygen atoms in total. The predicted octanol–water partition coefficient (Wildman–Crippen LogP) is 7.95. The van der Waals surface area contributed by atoms with Crippen molar-refractivity contribution < 1.29 is 39.2 Å². The standard InChI is InChI=1S/C39H68O8/c1-4-5-16-22-32(41)26-27-35-34(36(42)28-37(35)43)23-18-14-15-20-25-39(45)47-33(29-40)30-46-38(44)24-19-13-11-9-7-6-8-10-12-17-21-31(2)3/h14,18,26-27,31-35,37,40-41,43H,4-13,15-17,19-25,28-30H2,1-3H3/b18-14-,27-26+/t32-,33-,34+,35+,37+/m0/s1. The highest BCUT2D eigenvalue weighted by atomic mass is 16.6. The highest BCUT2D eigenvalue weighted by molar-refractivity contribution is 5.84. The lowest BCUT2D eigenvalue weighted by Crippen LogP contribution is -2.28. The van der Waals surface area contributed by atoms with Crippen molar-refractivity contribution in [3.05, 3.63) is 24.3 Å². The van der Waals surface area contributed by atoms with Crippen LogP contribution in [0, 0.1) is 17.8 Å². The van der Waals surface area contributed by atoms with Crippen molar-refractivity contribution in [2.45, 2.75) is 174 Å². The van der Waals surface area contributed by atoms with E-state index in [9.17, 15) is 29.7 Å². The predicted molar refractivity (Wildman–Crippen MR) is 188 cm³/mol. The molecule has 0 bridgehead atoms. The second kappa shape index (κ2) is 27.9. The molecular formula is C39H68O8. The third-order valence-electron chi connectivity index (χ3n) is 9.04. The van der Waals surface area contributed by atoms with Gasteiger partial charge in [-0.1, -0.05) is 129 Å². The van der Waals surface area contributed by atoms with Crippen LogP contribution in [0.1, 0.15) is 156 Å². The maximum atomic E-state index is 12.4. The number of rotatable bonds is 29. The summed E-state index contributed by atoms with van der Waals surface area (Å²) < 4.78 is 10.5. The number of carbonyl (C=O) groups is 3. The molecule has 47 heavy (non-hydrogen) atoms. The average molecular weight is 665 g/mol. The highest BCUT2D eigenvalue weighted by Crippen LogP contribution is 2.33. The largest absolute Gasteiger partial charge is 0.462 e. The number of Topliss-reactive ketones (excluding diaryl/α,β-unsaturated/α-hetero) is 1. The Balaban J connectivity index is 2.15. The molecule has 0 unspecified atom stereocenters. The van der Waals surface area contributed by atoms with Crippen LogP contribution >= 0.6 is 0 Å². The molecule has 0 amide bonds. The summed E-state index contributed by atoms with van der Waals surface area (Å²) in [6.45, 7) is 6.12. The molecule has 0 radical (unpaired) electrons. The second-order valence-corrected chi connectivity index (χ2v) is 13.9. The number of hydrogen-bond donors (Lipinski definition) is 3. The number of aliphatic hydroxyl groups is 3. The molecule has 1 fully saturated rings. The number of ketones is 1. The summed E-state index contributed by atoms with van der Waals surface area (Å²) in [7, 11) is 0. The van der Waals surface area contributed by atoms with E-state index in [2.05, 4.69) is 20.8 Å². The average Bonchev–Trinajstić information content (AvgIpc) is 3.31. The zero-order valence-electron chi connectivity index (χ0n) is 29.9. The summed E-state index contributed by atoms with van der Waals surface area (Å²) in [4.78, 5) is 36.8. The van der Waals surface area contributed by atoms with Gasteiger partial charge in [0.25, 0.3) is 0 Å². The maximum Gasteiger partial charge on any atom is 0.306 e. The van der Waals surface area contributed by atoms with Crippen LogP contribution in [-0.2, 0) is 23.9 Å². The van der Waals surface area contributed by atoms with Gasteiger partial charge in [-0.3, -0.25) is 14.4 Å². The van der Waals surface area contributed by atoms with E-state index < -0.39 is 30.9 Å². The highest BCUT2D eigenvalue weighted by Gasteiger charge is 2.39. The first-order valence-electron chi connectivity index (χ1n) is 18.9. The van der Waals surface area contributed by atoms with Gasteiger partial charge in [-0.05, 0) is 38.0 Å². The summed E-state index contributed by atoms with van der Waals surface area (Å²) in [5.41, 5.74) is 0. The van der Waals surface area contributed by atoms with Crippen LogP contribution in [0.2, 0.25) is 0 Å². The van der Waals surface area contributed by atoms with Gasteiger partial charge < -0.3 is 24.8 Å². The molecule has 1 aliphatic rings. The first-order chi connectivity index (χ1) is 22.7. The van der Waals surface area contributed by atoms with E-state index in [4.69, 9.17) is 9.47 Å². The van der Waals surface area contributed by atoms with Crippen LogP contribution in [-0.4, -0.2) is 64.6 Å². The van der Waals surface area contributed by atoms with Crippen LogP contribution < -0.4 is 0 Å². The van der Waals surface area contributed by atoms with Gasteiger partial charge in [0.2, 0.25) is 0 Å². The number of aliphatic hydroxyl groups excluding tert-OH is 3. The van der Waals surface area contributed by atoms with Crippen molar-refractivity contribution in [3.8, 4) is 0 Å². The molecular weight excluding hydrogens is 596 g/mol. The van der Waals surface area contributed by atoms with Gasteiger partial charge >= 0.3 is 11.9 Å². The number of hydrogen-bond acceptors (Lipinski definition) is 8. The second-order valence-electron chi connectivity index (χ2n) is 13.9. The minimum absolute atomic E-state index is 0.0282. The summed E-state index contributed by atoms with van der Waals surface area (Å²) in [6, 6.07) is 0. The molecule has 0 heterocycles. The van der Waals surface area contributed by atoms with Crippen LogP contribution in [0.4, 0.5) is 0 Å². The smallest absolute Gasteiger partial charge is 0.306 e. The fourth-order valence-electron chi connectivity index (χ4n) is 6.07. The lowest BCUT2D eigenvalue weighted by atomic mass is 9.90. The zero-order chi connectivity index (χ0) is 34.7. The number of allylic oxidation sites excluding steroid dienone is 2. The first-order valence-corrected chi connectivity index (χ1v) is 18.9. The fourth-order valence-corrected chi connectivity index (χ4v) is 6.07. The van der Waals surface area contributed by atoms with Crippen molar-refractivity contribution >= 4 is 17.7 Å². The normalized spacial score (nSPS) is 19.6. The van der Waals surface area contributed by atoms with E-state index in [1.807, 2.05) is 12.2 Å². The van der Waals surface area contributed by atoms with Crippen LogP contribution in [0.3, 0.4) is 0 Å². The molecule has 1 aliphatic carbocycles. The first kappa shape index (κ1) is 43.0. The van der Waals surface area contributed by atoms with Gasteiger partial charge in [0.15, 0.2) is 6.10 Å². The van der Waals surface area contributed by atoms with Gasteiger partial charge in [-0.15, -0.1) is 0 Å². The van der Waals surface area contributed by atoms with Crippen LogP contribution in [0.5, 0.6) is 0 Å². The van der Waals surface area contributed by atoms with Crippen molar-refractivity contribution in [2.75, 3.05) is 13.2 Å². The van der Waals surface area contributed by atoms with E-state index in [-0.39, 0.29) is 43.0 Å². The Labute approximate surface area is 285 Å². The monoisotopic (exact) mass is 664 g/mol. The minimum Gasteiger partial charge on any atom is -0.462 e. The fraction of sp³-hybridized carbons (Fsp3) is 0.821. The van der Waals surface area contributed by atoms with Crippen molar-refractivity contribution in [3.63, 3.8) is 0 Å². The Morgan fingerprint density at radius 2 is 1.47 bits per heavy atom. The van der Waals surface area contributed by atoms with E-state index in [0.29, 0.717) is 32.1 Å². The molecule has 0 aromatic rings. The summed E-state index contributed by atoms with van der Waals surface area (Å²) in [5, 5.41) is 30.1. The molecule has 272 valence electrons. The van der Waals surface area contributed by atoms with Gasteiger partial charge in [-0.2, -0.15) is 0 Å². The Bertz CT molecular complexity index is 882. The van der Waals surface area contributed by atoms with Crippen LogP contribution in [0.15, 0.2) is 24.3 Å².